The molecule has 0 spiro atoms. The highest BCUT2D eigenvalue weighted by molar-refractivity contribution is 6.17. The van der Waals surface area contributed by atoms with E-state index in [1.165, 1.54) is 12.1 Å². The number of nitrogens with zero attached hydrogens (tertiary/aromatic N) is 2. The van der Waals surface area contributed by atoms with E-state index in [1.807, 2.05) is 0 Å². The summed E-state index contributed by atoms with van der Waals surface area (Å²) in [7, 11) is 3.80. The fourth-order valence-corrected chi connectivity index (χ4v) is 2.87. The normalized spacial score (nSPS) is 19.9. The lowest BCUT2D eigenvalue weighted by molar-refractivity contribution is 0.395. The Kier molecular flexibility index (Phi) is 4.63. The summed E-state index contributed by atoms with van der Waals surface area (Å²) in [4.78, 5) is 3.91. The largest absolute Gasteiger partial charge is 0.370 e. The molecule has 1 aromatic carbocycles. The van der Waals surface area contributed by atoms with Gasteiger partial charge in [0.05, 0.1) is 0 Å². The number of hydrogen-bond donors (Lipinski definition) is 0. The third kappa shape index (κ3) is 3.37. The number of anilines is 1. The molecule has 2 nitrogen and oxygen atoms in total. The first-order valence-corrected chi connectivity index (χ1v) is 6.98. The van der Waals surface area contributed by atoms with E-state index in [0.29, 0.717) is 18.0 Å². The second-order valence-corrected chi connectivity index (χ2v) is 5.61. The molecule has 5 heteroatoms. The molecular weight excluding hydrogens is 270 g/mol. The van der Waals surface area contributed by atoms with Crippen molar-refractivity contribution in [1.29, 1.82) is 0 Å². The van der Waals surface area contributed by atoms with Gasteiger partial charge in [-0.15, -0.1) is 11.6 Å². The third-order valence-corrected chi connectivity index (χ3v) is 3.94. The van der Waals surface area contributed by atoms with Gasteiger partial charge in [-0.1, -0.05) is 0 Å². The molecule has 19 heavy (non-hydrogen) atoms. The van der Waals surface area contributed by atoms with E-state index in [9.17, 15) is 8.78 Å². The van der Waals surface area contributed by atoms with Crippen LogP contribution in [0.1, 0.15) is 12.0 Å². The molecule has 0 bridgehead atoms. The average Bonchev–Trinajstić information content (AvgIpc) is 2.73. The maximum absolute atomic E-state index is 13.9. The monoisotopic (exact) mass is 288 g/mol. The van der Waals surface area contributed by atoms with E-state index >= 15 is 0 Å². The maximum Gasteiger partial charge on any atom is 0.149 e. The zero-order valence-corrected chi connectivity index (χ0v) is 12.1. The van der Waals surface area contributed by atoms with Crippen molar-refractivity contribution < 1.29 is 8.78 Å². The highest BCUT2D eigenvalue weighted by Crippen LogP contribution is 2.26. The topological polar surface area (TPSA) is 6.48 Å². The molecule has 1 heterocycles. The molecule has 0 N–H and O–H groups in total. The molecule has 1 atom stereocenters. The Morgan fingerprint density at radius 1 is 1.37 bits per heavy atom. The minimum Gasteiger partial charge on any atom is -0.370 e. The summed E-state index contributed by atoms with van der Waals surface area (Å²) in [5.41, 5.74) is 0.512. The van der Waals surface area contributed by atoms with Crippen LogP contribution in [0.3, 0.4) is 0 Å². The molecule has 1 unspecified atom stereocenters. The fraction of sp³-hybridized carbons (Fsp3) is 0.571. The zero-order valence-electron chi connectivity index (χ0n) is 11.3. The molecule has 0 amide bonds. The van der Waals surface area contributed by atoms with E-state index < -0.39 is 11.6 Å². The summed E-state index contributed by atoms with van der Waals surface area (Å²) in [6, 6.07) is 2.62. The number of hydrogen-bond acceptors (Lipinski definition) is 2. The van der Waals surface area contributed by atoms with Crippen molar-refractivity contribution in [2.24, 2.45) is 5.92 Å². The molecule has 2 rings (SSSR count). The molecule has 0 aliphatic carbocycles. The van der Waals surface area contributed by atoms with Gasteiger partial charge < -0.3 is 9.80 Å². The molecule has 1 aliphatic rings. The molecule has 1 fully saturated rings. The van der Waals surface area contributed by atoms with Crippen LogP contribution in [0.5, 0.6) is 0 Å². The van der Waals surface area contributed by atoms with Gasteiger partial charge in [0.15, 0.2) is 0 Å². The van der Waals surface area contributed by atoms with Crippen LogP contribution in [0.4, 0.5) is 14.5 Å². The van der Waals surface area contributed by atoms with Crippen molar-refractivity contribution in [3.05, 3.63) is 29.3 Å². The Balaban J connectivity index is 2.12. The van der Waals surface area contributed by atoms with E-state index in [1.54, 1.807) is 11.9 Å². The van der Waals surface area contributed by atoms with Crippen LogP contribution in [-0.4, -0.2) is 38.6 Å². The van der Waals surface area contributed by atoms with Crippen molar-refractivity contribution >= 4 is 17.3 Å². The van der Waals surface area contributed by atoms with E-state index in [-0.39, 0.29) is 11.6 Å². The average molecular weight is 289 g/mol. The molecule has 106 valence electrons. The lowest BCUT2D eigenvalue weighted by Gasteiger charge is -2.24. The number of halogens is 3. The molecule has 1 aliphatic heterocycles. The summed E-state index contributed by atoms with van der Waals surface area (Å²) in [5, 5.41) is 0. The summed E-state index contributed by atoms with van der Waals surface area (Å²) >= 11 is 5.60. The van der Waals surface area contributed by atoms with Crippen molar-refractivity contribution in [2.75, 3.05) is 38.6 Å². The summed E-state index contributed by atoms with van der Waals surface area (Å²) in [6.07, 6.45) is 1.07. The Morgan fingerprint density at radius 3 is 2.47 bits per heavy atom. The standard InChI is InChI=1S/C14H19ClF2N2/c1-18-4-3-10(8-18)9-19(2)14-12(16)5-11(7-15)6-13(14)17/h5-6,10H,3-4,7-9H2,1-2H3. The van der Waals surface area contributed by atoms with Gasteiger partial charge in [0, 0.05) is 26.0 Å². The minimum atomic E-state index is -0.537. The van der Waals surface area contributed by atoms with Gasteiger partial charge in [0.1, 0.15) is 17.3 Å². The summed E-state index contributed by atoms with van der Waals surface area (Å²) in [6.45, 7) is 2.69. The van der Waals surface area contributed by atoms with Crippen molar-refractivity contribution in [3.8, 4) is 0 Å². The molecule has 0 radical (unpaired) electrons. The van der Waals surface area contributed by atoms with Gasteiger partial charge in [0.25, 0.3) is 0 Å². The van der Waals surface area contributed by atoms with Crippen LogP contribution >= 0.6 is 11.6 Å². The fourth-order valence-electron chi connectivity index (χ4n) is 2.71. The number of rotatable bonds is 4. The summed E-state index contributed by atoms with van der Waals surface area (Å²) in [5.74, 6) is -0.499. The van der Waals surface area contributed by atoms with Gasteiger partial charge in [0.2, 0.25) is 0 Å². The van der Waals surface area contributed by atoms with Gasteiger partial charge in [-0.05, 0) is 43.6 Å². The van der Waals surface area contributed by atoms with E-state index in [2.05, 4.69) is 11.9 Å². The van der Waals surface area contributed by atoms with E-state index in [4.69, 9.17) is 11.6 Å². The Bertz CT molecular complexity index is 430. The predicted molar refractivity (Wildman–Crippen MR) is 74.8 cm³/mol. The highest BCUT2D eigenvalue weighted by atomic mass is 35.5. The summed E-state index contributed by atoms with van der Waals surface area (Å²) < 4.78 is 27.9. The second-order valence-electron chi connectivity index (χ2n) is 5.34. The third-order valence-electron chi connectivity index (χ3n) is 3.63. The molecule has 0 saturated carbocycles. The first-order chi connectivity index (χ1) is 9.01. The number of benzene rings is 1. The first kappa shape index (κ1) is 14.5. The van der Waals surface area contributed by atoms with Crippen LogP contribution < -0.4 is 4.90 Å². The number of alkyl halides is 1. The molecule has 0 aromatic heterocycles. The van der Waals surface area contributed by atoms with Crippen LogP contribution in [0.2, 0.25) is 0 Å². The molecule has 1 saturated heterocycles. The first-order valence-electron chi connectivity index (χ1n) is 6.44. The maximum atomic E-state index is 13.9. The lowest BCUT2D eigenvalue weighted by atomic mass is 10.1. The minimum absolute atomic E-state index is 0.0448. The van der Waals surface area contributed by atoms with Crippen LogP contribution in [-0.2, 0) is 5.88 Å². The lowest BCUT2D eigenvalue weighted by Crippen LogP contribution is -2.28. The zero-order chi connectivity index (χ0) is 14.0. The molecular formula is C14H19ClF2N2. The Labute approximate surface area is 117 Å². The van der Waals surface area contributed by atoms with Gasteiger partial charge >= 0.3 is 0 Å². The van der Waals surface area contributed by atoms with Crippen molar-refractivity contribution in [1.82, 2.24) is 4.90 Å². The van der Waals surface area contributed by atoms with Crippen LogP contribution in [0.25, 0.3) is 0 Å². The Hall–Kier alpha value is -0.870. The smallest absolute Gasteiger partial charge is 0.149 e. The van der Waals surface area contributed by atoms with Gasteiger partial charge in [-0.25, -0.2) is 8.78 Å². The van der Waals surface area contributed by atoms with Crippen LogP contribution in [0, 0.1) is 17.6 Å². The second kappa shape index (κ2) is 6.06. The van der Waals surface area contributed by atoms with Gasteiger partial charge in [-0.2, -0.15) is 0 Å². The quantitative estimate of drug-likeness (QED) is 0.786. The Morgan fingerprint density at radius 2 is 2.00 bits per heavy atom. The van der Waals surface area contributed by atoms with E-state index in [0.717, 1.165) is 19.5 Å². The van der Waals surface area contributed by atoms with Crippen molar-refractivity contribution in [2.45, 2.75) is 12.3 Å². The van der Waals surface area contributed by atoms with Crippen molar-refractivity contribution in [3.63, 3.8) is 0 Å². The highest BCUT2D eigenvalue weighted by Gasteiger charge is 2.23. The molecule has 1 aromatic rings. The van der Waals surface area contributed by atoms with Gasteiger partial charge in [-0.3, -0.25) is 0 Å². The SMILES string of the molecule is CN1CCC(CN(C)c2c(F)cc(CCl)cc2F)C1. The van der Waals surface area contributed by atoms with Crippen LogP contribution in [0.15, 0.2) is 12.1 Å². The predicted octanol–water partition coefficient (Wildman–Crippen LogP) is 3.09. The number of likely N-dealkylation sites (tertiary alicyclic amines) is 1.